The number of nitrogens with zero attached hydrogens (tertiary/aromatic N) is 3. The first-order valence-corrected chi connectivity index (χ1v) is 7.20. The van der Waals surface area contributed by atoms with Gasteiger partial charge < -0.3 is 15.4 Å². The van der Waals surface area contributed by atoms with Gasteiger partial charge in [0.2, 0.25) is 5.95 Å². The molecule has 1 aliphatic heterocycles. The van der Waals surface area contributed by atoms with Crippen molar-refractivity contribution >= 4 is 17.3 Å². The van der Waals surface area contributed by atoms with Crippen LogP contribution in [0.15, 0.2) is 11.4 Å². The van der Waals surface area contributed by atoms with Crippen molar-refractivity contribution in [2.45, 2.75) is 18.9 Å². The van der Waals surface area contributed by atoms with Crippen molar-refractivity contribution in [3.63, 3.8) is 0 Å². The number of hydrogen-bond acceptors (Lipinski definition) is 6. The van der Waals surface area contributed by atoms with Gasteiger partial charge in [0.1, 0.15) is 5.75 Å². The summed E-state index contributed by atoms with van der Waals surface area (Å²) in [6.07, 6.45) is 2.17. The maximum absolute atomic E-state index is 5.98. The summed E-state index contributed by atoms with van der Waals surface area (Å²) in [7, 11) is 1.66. The smallest absolute Gasteiger partial charge is 0.245 e. The highest BCUT2D eigenvalue weighted by atomic mass is 32.1. The number of rotatable bonds is 3. The molecule has 1 atom stereocenters. The molecule has 1 fully saturated rings. The summed E-state index contributed by atoms with van der Waals surface area (Å²) in [5.41, 5.74) is 5.98. The molecule has 7 heteroatoms. The molecule has 0 saturated carbocycles. The summed E-state index contributed by atoms with van der Waals surface area (Å²) < 4.78 is 5.17. The number of methoxy groups -OCH3 is 1. The Kier molecular flexibility index (Phi) is 3.39. The Labute approximate surface area is 115 Å². The Morgan fingerprint density at radius 1 is 1.58 bits per heavy atom. The zero-order chi connectivity index (χ0) is 13.2. The predicted octanol–water partition coefficient (Wildman–Crippen LogP) is 1.47. The molecule has 3 N–H and O–H groups in total. The fourth-order valence-electron chi connectivity index (χ4n) is 2.25. The molecule has 2 aromatic heterocycles. The van der Waals surface area contributed by atoms with Gasteiger partial charge in [-0.15, -0.1) is 16.4 Å². The van der Waals surface area contributed by atoms with Crippen LogP contribution in [0.1, 0.15) is 12.8 Å². The maximum atomic E-state index is 5.98. The molecular formula is C12H17N5OS. The number of aromatic nitrogens is 3. The van der Waals surface area contributed by atoms with Gasteiger partial charge in [0, 0.05) is 30.6 Å². The lowest BCUT2D eigenvalue weighted by atomic mass is 10.1. The van der Waals surface area contributed by atoms with Crippen molar-refractivity contribution in [2.24, 2.45) is 5.73 Å². The van der Waals surface area contributed by atoms with E-state index < -0.39 is 0 Å². The average molecular weight is 279 g/mol. The first kappa shape index (κ1) is 12.4. The largest absolute Gasteiger partial charge is 0.496 e. The van der Waals surface area contributed by atoms with E-state index in [0.717, 1.165) is 48.3 Å². The van der Waals surface area contributed by atoms with Crippen molar-refractivity contribution in [1.29, 1.82) is 0 Å². The van der Waals surface area contributed by atoms with Crippen LogP contribution in [0.2, 0.25) is 0 Å². The van der Waals surface area contributed by atoms with E-state index in [2.05, 4.69) is 20.1 Å². The summed E-state index contributed by atoms with van der Waals surface area (Å²) in [5.74, 6) is 2.36. The molecule has 102 valence electrons. The van der Waals surface area contributed by atoms with Crippen molar-refractivity contribution < 1.29 is 4.74 Å². The first-order valence-electron chi connectivity index (χ1n) is 6.32. The quantitative estimate of drug-likeness (QED) is 0.889. The van der Waals surface area contributed by atoms with Gasteiger partial charge in [-0.1, -0.05) is 0 Å². The highest BCUT2D eigenvalue weighted by molar-refractivity contribution is 7.13. The summed E-state index contributed by atoms with van der Waals surface area (Å²) in [6.45, 7) is 1.80. The molecule has 2 aromatic rings. The van der Waals surface area contributed by atoms with Crippen molar-refractivity contribution in [2.75, 3.05) is 25.1 Å². The topological polar surface area (TPSA) is 80.1 Å². The molecule has 0 spiro atoms. The Hall–Kier alpha value is -1.60. The van der Waals surface area contributed by atoms with Gasteiger partial charge in [-0.05, 0) is 12.8 Å². The molecule has 1 saturated heterocycles. The molecule has 3 heterocycles. The van der Waals surface area contributed by atoms with Gasteiger partial charge >= 0.3 is 0 Å². The van der Waals surface area contributed by atoms with Gasteiger partial charge in [0.15, 0.2) is 5.82 Å². The molecule has 0 aromatic carbocycles. The Morgan fingerprint density at radius 3 is 3.21 bits per heavy atom. The Bertz CT molecular complexity index is 552. The van der Waals surface area contributed by atoms with E-state index in [9.17, 15) is 0 Å². The van der Waals surface area contributed by atoms with Gasteiger partial charge in [-0.2, -0.15) is 4.98 Å². The lowest BCUT2D eigenvalue weighted by Gasteiger charge is -2.29. The van der Waals surface area contributed by atoms with E-state index in [0.29, 0.717) is 0 Å². The predicted molar refractivity (Wildman–Crippen MR) is 75.7 cm³/mol. The number of ether oxygens (including phenoxy) is 1. The molecule has 0 aliphatic carbocycles. The molecular weight excluding hydrogens is 262 g/mol. The van der Waals surface area contributed by atoms with Crippen LogP contribution in [0.5, 0.6) is 5.75 Å². The van der Waals surface area contributed by atoms with Crippen LogP contribution in [0.25, 0.3) is 10.7 Å². The molecule has 0 amide bonds. The number of nitrogens with one attached hydrogen (secondary N) is 1. The van der Waals surface area contributed by atoms with Crippen LogP contribution >= 0.6 is 11.3 Å². The minimum absolute atomic E-state index is 0.220. The molecule has 0 radical (unpaired) electrons. The number of piperidine rings is 1. The van der Waals surface area contributed by atoms with E-state index >= 15 is 0 Å². The third kappa shape index (κ3) is 2.57. The standard InChI is InChI=1S/C12H17N5OS/c1-18-9-5-10(19-7-9)11-14-12(16-15-11)17-4-2-3-8(13)6-17/h5,7-8H,2-4,6,13H2,1H3,(H,14,15,16). The van der Waals surface area contributed by atoms with Gasteiger partial charge in [-0.3, -0.25) is 5.10 Å². The second kappa shape index (κ2) is 5.18. The summed E-state index contributed by atoms with van der Waals surface area (Å²) >= 11 is 1.59. The molecule has 1 aliphatic rings. The number of thiophene rings is 1. The van der Waals surface area contributed by atoms with E-state index in [4.69, 9.17) is 10.5 Å². The summed E-state index contributed by atoms with van der Waals surface area (Å²) in [5, 5.41) is 9.22. The normalized spacial score (nSPS) is 19.7. The third-order valence-corrected chi connectivity index (χ3v) is 4.17. The maximum Gasteiger partial charge on any atom is 0.245 e. The fraction of sp³-hybridized carbons (Fsp3) is 0.500. The Balaban J connectivity index is 1.78. The van der Waals surface area contributed by atoms with Crippen LogP contribution in [-0.2, 0) is 0 Å². The van der Waals surface area contributed by atoms with Gasteiger partial charge in [0.05, 0.1) is 12.0 Å². The fourth-order valence-corrected chi connectivity index (χ4v) is 3.04. The van der Waals surface area contributed by atoms with E-state index in [1.807, 2.05) is 11.4 Å². The minimum Gasteiger partial charge on any atom is -0.496 e. The summed E-state index contributed by atoms with van der Waals surface area (Å²) in [6, 6.07) is 2.18. The first-order chi connectivity index (χ1) is 9.26. The zero-order valence-electron chi connectivity index (χ0n) is 10.8. The molecule has 3 rings (SSSR count). The van der Waals surface area contributed by atoms with Crippen LogP contribution in [0.4, 0.5) is 5.95 Å². The summed E-state index contributed by atoms with van der Waals surface area (Å²) in [4.78, 5) is 7.71. The van der Waals surface area contributed by atoms with E-state index in [1.54, 1.807) is 18.4 Å². The SMILES string of the molecule is COc1csc(-c2nc(N3CCCC(N)C3)n[nH]2)c1. The molecule has 1 unspecified atom stereocenters. The lowest BCUT2D eigenvalue weighted by molar-refractivity contribution is 0.417. The van der Waals surface area contributed by atoms with Gasteiger partial charge in [0.25, 0.3) is 0 Å². The zero-order valence-corrected chi connectivity index (χ0v) is 11.6. The second-order valence-electron chi connectivity index (χ2n) is 4.68. The molecule has 6 nitrogen and oxygen atoms in total. The van der Waals surface area contributed by atoms with Crippen LogP contribution in [0, 0.1) is 0 Å². The number of hydrogen-bond donors (Lipinski definition) is 2. The van der Waals surface area contributed by atoms with Gasteiger partial charge in [-0.25, -0.2) is 0 Å². The lowest BCUT2D eigenvalue weighted by Crippen LogP contribution is -2.43. The minimum atomic E-state index is 0.220. The second-order valence-corrected chi connectivity index (χ2v) is 5.59. The van der Waals surface area contributed by atoms with Crippen LogP contribution in [0.3, 0.4) is 0 Å². The van der Waals surface area contributed by atoms with E-state index in [1.165, 1.54) is 0 Å². The number of aromatic amines is 1. The van der Waals surface area contributed by atoms with Crippen molar-refractivity contribution in [3.8, 4) is 16.5 Å². The highest BCUT2D eigenvalue weighted by Gasteiger charge is 2.20. The van der Waals surface area contributed by atoms with Crippen molar-refractivity contribution in [3.05, 3.63) is 11.4 Å². The average Bonchev–Trinajstić information content (AvgIpc) is 3.07. The van der Waals surface area contributed by atoms with Crippen molar-refractivity contribution in [1.82, 2.24) is 15.2 Å². The van der Waals surface area contributed by atoms with E-state index in [-0.39, 0.29) is 6.04 Å². The molecule has 0 bridgehead atoms. The number of nitrogens with two attached hydrogens (primary N) is 1. The van der Waals surface area contributed by atoms with Crippen LogP contribution < -0.4 is 15.4 Å². The highest BCUT2D eigenvalue weighted by Crippen LogP contribution is 2.29. The van der Waals surface area contributed by atoms with Crippen LogP contribution in [-0.4, -0.2) is 41.4 Å². The number of anilines is 1. The monoisotopic (exact) mass is 279 g/mol. The number of H-pyrrole nitrogens is 1. The third-order valence-electron chi connectivity index (χ3n) is 3.26. The Morgan fingerprint density at radius 2 is 2.47 bits per heavy atom. The molecule has 19 heavy (non-hydrogen) atoms.